The lowest BCUT2D eigenvalue weighted by Crippen LogP contribution is -2.52. The number of benzene rings is 2. The molecule has 3 aliphatic rings. The zero-order chi connectivity index (χ0) is 25.2. The number of rotatable bonds is 5. The van der Waals surface area contributed by atoms with Gasteiger partial charge in [-0.1, -0.05) is 77.4 Å². The molecular weight excluding hydrogens is 434 g/mol. The number of fused-ring (bicyclic) bond motifs is 7. The van der Waals surface area contributed by atoms with E-state index >= 15 is 0 Å². The van der Waals surface area contributed by atoms with Crippen LogP contribution in [0.4, 0.5) is 0 Å². The Morgan fingerprint density at radius 1 is 1.00 bits per heavy atom. The number of hydrogen-bond acceptors (Lipinski definition) is 0. The van der Waals surface area contributed by atoms with Gasteiger partial charge in [-0.05, 0) is 84.0 Å². The van der Waals surface area contributed by atoms with Crippen LogP contribution in [0, 0.1) is 11.3 Å². The summed E-state index contributed by atoms with van der Waals surface area (Å²) >= 11 is 0. The molecule has 0 saturated carbocycles. The molecule has 1 aliphatic heterocycles. The van der Waals surface area contributed by atoms with Crippen LogP contribution in [0.5, 0.6) is 0 Å². The van der Waals surface area contributed by atoms with Gasteiger partial charge in [-0.15, -0.1) is 0 Å². The maximum absolute atomic E-state index is 4.78. The van der Waals surface area contributed by atoms with Gasteiger partial charge in [-0.25, -0.2) is 0 Å². The molecule has 0 amide bonds. The van der Waals surface area contributed by atoms with E-state index in [1.807, 2.05) is 0 Å². The molecule has 0 bridgehead atoms. The van der Waals surface area contributed by atoms with Gasteiger partial charge in [0.25, 0.3) is 0 Å². The number of hydrogen-bond donors (Lipinski definition) is 0. The molecule has 1 heteroatoms. The monoisotopic (exact) mass is 474 g/mol. The Hall–Kier alpha value is -2.93. The molecule has 2 heterocycles. The van der Waals surface area contributed by atoms with Crippen LogP contribution in [0.1, 0.15) is 89.1 Å². The topological polar surface area (TPSA) is 3.88 Å². The summed E-state index contributed by atoms with van der Waals surface area (Å²) in [5.41, 5.74) is 11.8. The lowest BCUT2D eigenvalue weighted by atomic mass is 9.59. The standard InChI is InChI=1S/C35H40N/c1-7-10-13-24-16-17-26-25(20-24)18-19-36-23(4)35(8-2,9-3)32-21-28-27-14-11-12-15-30(27)34(5,6)31(28)22-29(32)33(26)36/h11-12,14-20,22,32H,4,7-10,13,21H2,1-3,5-6H3/q+1. The molecule has 0 N–H and O–H groups in total. The summed E-state index contributed by atoms with van der Waals surface area (Å²) in [6, 6.07) is 18.6. The average molecular weight is 475 g/mol. The molecule has 36 heavy (non-hydrogen) atoms. The van der Waals surface area contributed by atoms with Gasteiger partial charge in [0.05, 0.1) is 10.8 Å². The number of pyridine rings is 1. The van der Waals surface area contributed by atoms with Crippen molar-refractivity contribution < 1.29 is 4.57 Å². The number of nitrogens with zero attached hydrogens (tertiary/aromatic N) is 1. The van der Waals surface area contributed by atoms with Crippen LogP contribution in [-0.4, -0.2) is 0 Å². The van der Waals surface area contributed by atoms with Crippen LogP contribution in [0.15, 0.2) is 73.0 Å². The number of aryl methyl sites for hydroxylation is 1. The minimum absolute atomic E-state index is 0.0299. The second kappa shape index (κ2) is 8.30. The van der Waals surface area contributed by atoms with Gasteiger partial charge >= 0.3 is 0 Å². The van der Waals surface area contributed by atoms with Crippen LogP contribution >= 0.6 is 0 Å². The summed E-state index contributed by atoms with van der Waals surface area (Å²) in [5.74, 6) is 0.450. The minimum Gasteiger partial charge on any atom is -0.164 e. The quantitative estimate of drug-likeness (QED) is 0.325. The Kier molecular flexibility index (Phi) is 5.41. The van der Waals surface area contributed by atoms with Gasteiger partial charge in [0.15, 0.2) is 11.9 Å². The van der Waals surface area contributed by atoms with E-state index in [1.54, 1.807) is 5.57 Å². The van der Waals surface area contributed by atoms with Crippen LogP contribution < -0.4 is 4.57 Å². The van der Waals surface area contributed by atoms with E-state index in [1.165, 1.54) is 62.8 Å². The third-order valence-corrected chi connectivity index (χ3v) is 9.91. The fourth-order valence-corrected chi connectivity index (χ4v) is 7.72. The first-order valence-corrected chi connectivity index (χ1v) is 14.1. The lowest BCUT2D eigenvalue weighted by molar-refractivity contribution is -0.595. The zero-order valence-electron chi connectivity index (χ0n) is 22.7. The molecule has 6 rings (SSSR count). The molecule has 1 aromatic heterocycles. The first kappa shape index (κ1) is 23.5. The largest absolute Gasteiger partial charge is 0.222 e. The summed E-state index contributed by atoms with van der Waals surface area (Å²) in [6.45, 7) is 16.6. The van der Waals surface area contributed by atoms with Gasteiger partial charge in [0.2, 0.25) is 5.69 Å². The molecule has 2 aromatic carbocycles. The van der Waals surface area contributed by atoms with Crippen molar-refractivity contribution in [2.45, 2.75) is 78.6 Å². The highest BCUT2D eigenvalue weighted by molar-refractivity contribution is 5.97. The van der Waals surface area contributed by atoms with Crippen molar-refractivity contribution in [1.29, 1.82) is 0 Å². The smallest absolute Gasteiger partial charge is 0.164 e. The fourth-order valence-electron chi connectivity index (χ4n) is 7.72. The summed E-state index contributed by atoms with van der Waals surface area (Å²) < 4.78 is 2.45. The molecule has 0 fully saturated rings. The van der Waals surface area contributed by atoms with E-state index in [0.717, 1.165) is 25.7 Å². The molecule has 0 radical (unpaired) electrons. The first-order chi connectivity index (χ1) is 17.4. The Morgan fingerprint density at radius 2 is 1.78 bits per heavy atom. The average Bonchev–Trinajstić information content (AvgIpc) is 3.13. The van der Waals surface area contributed by atoms with Crippen LogP contribution in [0.25, 0.3) is 27.6 Å². The summed E-state index contributed by atoms with van der Waals surface area (Å²) in [5, 5.41) is 2.73. The second-order valence-electron chi connectivity index (χ2n) is 11.8. The molecule has 0 spiro atoms. The molecule has 0 saturated heterocycles. The Balaban J connectivity index is 1.62. The van der Waals surface area contributed by atoms with Crippen molar-refractivity contribution in [3.8, 4) is 0 Å². The summed E-state index contributed by atoms with van der Waals surface area (Å²) in [6.07, 6.45) is 11.9. The van der Waals surface area contributed by atoms with E-state index in [-0.39, 0.29) is 10.8 Å². The Labute approximate surface area is 217 Å². The second-order valence-corrected chi connectivity index (χ2v) is 11.8. The molecule has 184 valence electrons. The maximum Gasteiger partial charge on any atom is 0.222 e. The van der Waals surface area contributed by atoms with Crippen molar-refractivity contribution in [3.63, 3.8) is 0 Å². The van der Waals surface area contributed by atoms with E-state index in [0.29, 0.717) is 5.92 Å². The predicted molar refractivity (Wildman–Crippen MR) is 154 cm³/mol. The predicted octanol–water partition coefficient (Wildman–Crippen LogP) is 8.91. The SMILES string of the molecule is C=C1[n+]2ccc3cc(CCCC)ccc3c2C2=CC3=C(CC2C1(CC)CC)c1ccccc1C3(C)C. The fraction of sp³-hybridized carbons (Fsp3) is 0.400. The van der Waals surface area contributed by atoms with Gasteiger partial charge in [-0.2, -0.15) is 4.57 Å². The minimum atomic E-state index is 0.0299. The van der Waals surface area contributed by atoms with Crippen LogP contribution in [-0.2, 0) is 11.8 Å². The van der Waals surface area contributed by atoms with Gasteiger partial charge in [0.1, 0.15) is 0 Å². The van der Waals surface area contributed by atoms with Crippen LogP contribution in [0.3, 0.4) is 0 Å². The number of aromatic nitrogens is 1. The maximum atomic E-state index is 4.78. The number of unbranched alkanes of at least 4 members (excludes halogenated alkanes) is 1. The Morgan fingerprint density at radius 3 is 2.53 bits per heavy atom. The van der Waals surface area contributed by atoms with E-state index in [4.69, 9.17) is 6.58 Å². The van der Waals surface area contributed by atoms with Crippen LogP contribution in [0.2, 0.25) is 0 Å². The summed E-state index contributed by atoms with van der Waals surface area (Å²) in [4.78, 5) is 0. The van der Waals surface area contributed by atoms with Gasteiger partial charge < -0.3 is 0 Å². The highest BCUT2D eigenvalue weighted by atomic mass is 15.0. The molecule has 2 aliphatic carbocycles. The normalized spacial score (nSPS) is 21.1. The highest BCUT2D eigenvalue weighted by Gasteiger charge is 2.54. The van der Waals surface area contributed by atoms with E-state index < -0.39 is 0 Å². The van der Waals surface area contributed by atoms with Crippen molar-refractivity contribution >= 4 is 27.6 Å². The third-order valence-electron chi connectivity index (χ3n) is 9.91. The van der Waals surface area contributed by atoms with Crippen molar-refractivity contribution in [2.75, 3.05) is 0 Å². The van der Waals surface area contributed by atoms with E-state index in [9.17, 15) is 0 Å². The molecule has 1 nitrogen and oxygen atoms in total. The highest BCUT2D eigenvalue weighted by Crippen LogP contribution is 2.61. The van der Waals surface area contributed by atoms with Crippen molar-refractivity contribution in [3.05, 3.63) is 95.3 Å². The van der Waals surface area contributed by atoms with E-state index in [2.05, 4.69) is 100.0 Å². The van der Waals surface area contributed by atoms with Crippen molar-refractivity contribution in [2.24, 2.45) is 11.3 Å². The molecule has 3 aromatic rings. The first-order valence-electron chi connectivity index (χ1n) is 14.1. The zero-order valence-corrected chi connectivity index (χ0v) is 22.7. The molecule has 1 atom stereocenters. The summed E-state index contributed by atoms with van der Waals surface area (Å²) in [7, 11) is 0. The Bertz CT molecular complexity index is 1460. The molecule has 1 unspecified atom stereocenters. The van der Waals surface area contributed by atoms with Gasteiger partial charge in [-0.3, -0.25) is 0 Å². The van der Waals surface area contributed by atoms with Gasteiger partial charge in [0, 0.05) is 23.0 Å². The van der Waals surface area contributed by atoms with Crippen molar-refractivity contribution in [1.82, 2.24) is 0 Å². The third kappa shape index (κ3) is 3.04. The number of allylic oxidation sites excluding steroid dienone is 5. The molecular formula is C35H40N+. The lowest BCUT2D eigenvalue weighted by Gasteiger charge is -2.44.